The fourth-order valence-electron chi connectivity index (χ4n) is 4.92. The number of nitrogens with zero attached hydrogens (tertiary/aromatic N) is 1. The Morgan fingerprint density at radius 2 is 1.76 bits per heavy atom. The Kier molecular flexibility index (Phi) is 6.53. The van der Waals surface area contributed by atoms with Gasteiger partial charge < -0.3 is 20.5 Å². The van der Waals surface area contributed by atoms with Crippen LogP contribution < -0.4 is 10.5 Å². The fourth-order valence-corrected chi connectivity index (χ4v) is 4.92. The van der Waals surface area contributed by atoms with Crippen molar-refractivity contribution in [3.63, 3.8) is 0 Å². The molecule has 2 unspecified atom stereocenters. The van der Waals surface area contributed by atoms with Crippen LogP contribution in [0.25, 0.3) is 0 Å². The molecular formula is C25H34N2O2. The van der Waals surface area contributed by atoms with Crippen LogP contribution in [-0.4, -0.2) is 41.3 Å². The molecule has 0 radical (unpaired) electrons. The van der Waals surface area contributed by atoms with Gasteiger partial charge in [-0.3, -0.25) is 0 Å². The summed E-state index contributed by atoms with van der Waals surface area (Å²) in [5, 5.41) is 11.5. The van der Waals surface area contributed by atoms with E-state index in [1.807, 2.05) is 30.3 Å². The summed E-state index contributed by atoms with van der Waals surface area (Å²) >= 11 is 0. The zero-order valence-electron chi connectivity index (χ0n) is 17.3. The van der Waals surface area contributed by atoms with Crippen molar-refractivity contribution in [3.8, 4) is 5.75 Å². The van der Waals surface area contributed by atoms with E-state index in [1.165, 1.54) is 12.0 Å². The number of rotatable bonds is 7. The molecule has 1 aliphatic heterocycles. The maximum atomic E-state index is 11.5. The Labute approximate surface area is 174 Å². The van der Waals surface area contributed by atoms with Crippen molar-refractivity contribution >= 4 is 0 Å². The molecule has 2 aromatic carbocycles. The summed E-state index contributed by atoms with van der Waals surface area (Å²) < 4.78 is 5.96. The first-order valence-electron chi connectivity index (χ1n) is 11.1. The van der Waals surface area contributed by atoms with Crippen molar-refractivity contribution in [2.45, 2.75) is 62.7 Å². The zero-order valence-corrected chi connectivity index (χ0v) is 17.3. The highest BCUT2D eigenvalue weighted by atomic mass is 16.5. The van der Waals surface area contributed by atoms with Gasteiger partial charge in [0.25, 0.3) is 0 Å². The van der Waals surface area contributed by atoms with Crippen LogP contribution in [0.2, 0.25) is 0 Å². The van der Waals surface area contributed by atoms with Gasteiger partial charge in [-0.25, -0.2) is 0 Å². The molecule has 2 aromatic rings. The van der Waals surface area contributed by atoms with Crippen LogP contribution in [-0.2, 0) is 6.61 Å². The Bertz CT molecular complexity index is 756. The van der Waals surface area contributed by atoms with Gasteiger partial charge in [-0.1, -0.05) is 61.7 Å². The van der Waals surface area contributed by atoms with E-state index in [0.29, 0.717) is 6.61 Å². The zero-order chi connectivity index (χ0) is 20.1. The molecule has 29 heavy (non-hydrogen) atoms. The summed E-state index contributed by atoms with van der Waals surface area (Å²) in [5.74, 6) is 0.992. The molecule has 1 aliphatic carbocycles. The third kappa shape index (κ3) is 5.19. The van der Waals surface area contributed by atoms with Gasteiger partial charge in [0.2, 0.25) is 0 Å². The molecule has 2 fully saturated rings. The monoisotopic (exact) mass is 394 g/mol. The van der Waals surface area contributed by atoms with E-state index in [1.54, 1.807) is 0 Å². The number of hydrogen-bond acceptors (Lipinski definition) is 4. The highest BCUT2D eigenvalue weighted by Crippen LogP contribution is 2.41. The van der Waals surface area contributed by atoms with Crippen LogP contribution in [0.3, 0.4) is 0 Å². The number of likely N-dealkylation sites (tertiary alicyclic amines) is 1. The molecule has 1 saturated heterocycles. The van der Waals surface area contributed by atoms with E-state index >= 15 is 0 Å². The minimum atomic E-state index is -0.614. The molecule has 1 heterocycles. The normalized spacial score (nSPS) is 23.0. The van der Waals surface area contributed by atoms with Crippen LogP contribution in [0.4, 0.5) is 0 Å². The van der Waals surface area contributed by atoms with Gasteiger partial charge in [0.15, 0.2) is 0 Å². The first kappa shape index (κ1) is 20.4. The molecule has 2 atom stereocenters. The van der Waals surface area contributed by atoms with Gasteiger partial charge in [-0.15, -0.1) is 0 Å². The first-order valence-corrected chi connectivity index (χ1v) is 11.1. The molecular weight excluding hydrogens is 360 g/mol. The number of hydrogen-bond donors (Lipinski definition) is 2. The van der Waals surface area contributed by atoms with Crippen molar-refractivity contribution in [1.82, 2.24) is 4.90 Å². The van der Waals surface area contributed by atoms with Gasteiger partial charge in [-0.2, -0.15) is 0 Å². The summed E-state index contributed by atoms with van der Waals surface area (Å²) in [7, 11) is 0. The van der Waals surface area contributed by atoms with Gasteiger partial charge in [-0.05, 0) is 49.1 Å². The largest absolute Gasteiger partial charge is 0.489 e. The lowest BCUT2D eigenvalue weighted by molar-refractivity contribution is -0.0294. The molecule has 2 aliphatic rings. The SMILES string of the molecule is NC1CCN(CC(c2ccc(OCc3ccccc3)cc2)C2(O)CCCCC2)C1. The minimum absolute atomic E-state index is 0.122. The van der Waals surface area contributed by atoms with Gasteiger partial charge in [0.1, 0.15) is 12.4 Å². The van der Waals surface area contributed by atoms with Crippen molar-refractivity contribution in [2.24, 2.45) is 5.73 Å². The van der Waals surface area contributed by atoms with E-state index in [2.05, 4.69) is 29.2 Å². The number of ether oxygens (including phenoxy) is 1. The predicted octanol–water partition coefficient (Wildman–Crippen LogP) is 4.08. The highest BCUT2D eigenvalue weighted by molar-refractivity contribution is 5.32. The molecule has 1 saturated carbocycles. The minimum Gasteiger partial charge on any atom is -0.489 e. The third-order valence-electron chi connectivity index (χ3n) is 6.65. The van der Waals surface area contributed by atoms with Gasteiger partial charge in [0, 0.05) is 25.0 Å². The predicted molar refractivity (Wildman–Crippen MR) is 117 cm³/mol. The number of aliphatic hydroxyl groups is 1. The van der Waals surface area contributed by atoms with Crippen LogP contribution in [0.15, 0.2) is 54.6 Å². The third-order valence-corrected chi connectivity index (χ3v) is 6.65. The second-order valence-electron chi connectivity index (χ2n) is 8.87. The first-order chi connectivity index (χ1) is 14.1. The second-order valence-corrected chi connectivity index (χ2v) is 8.87. The highest BCUT2D eigenvalue weighted by Gasteiger charge is 2.40. The van der Waals surface area contributed by atoms with E-state index < -0.39 is 5.60 Å². The standard InChI is InChI=1S/C25H34N2O2/c26-22-13-16-27(17-22)18-24(25(28)14-5-2-6-15-25)21-9-11-23(12-10-21)29-19-20-7-3-1-4-8-20/h1,3-4,7-12,22,24,28H,2,5-6,13-19,26H2. The molecule has 0 spiro atoms. The number of benzene rings is 2. The quantitative estimate of drug-likeness (QED) is 0.743. The van der Waals surface area contributed by atoms with Crippen LogP contribution in [0, 0.1) is 0 Å². The number of nitrogens with two attached hydrogens (primary N) is 1. The summed E-state index contributed by atoms with van der Waals surface area (Å²) in [6.07, 6.45) is 6.30. The second kappa shape index (κ2) is 9.29. The topological polar surface area (TPSA) is 58.7 Å². The fraction of sp³-hybridized carbons (Fsp3) is 0.520. The van der Waals surface area contributed by atoms with Crippen LogP contribution in [0.1, 0.15) is 55.6 Å². The molecule has 156 valence electrons. The Morgan fingerprint density at radius 1 is 1.03 bits per heavy atom. The van der Waals surface area contributed by atoms with Crippen molar-refractivity contribution in [2.75, 3.05) is 19.6 Å². The molecule has 0 aromatic heterocycles. The summed E-state index contributed by atoms with van der Waals surface area (Å²) in [5.41, 5.74) is 7.89. The molecule has 4 rings (SSSR count). The maximum absolute atomic E-state index is 11.5. The van der Waals surface area contributed by atoms with Crippen molar-refractivity contribution in [3.05, 3.63) is 65.7 Å². The molecule has 3 N–H and O–H groups in total. The average Bonchev–Trinajstić information content (AvgIpc) is 3.17. The average molecular weight is 395 g/mol. The van der Waals surface area contributed by atoms with Gasteiger partial charge in [0.05, 0.1) is 5.60 Å². The molecule has 0 amide bonds. The molecule has 4 nitrogen and oxygen atoms in total. The van der Waals surface area contributed by atoms with Crippen molar-refractivity contribution < 1.29 is 9.84 Å². The smallest absolute Gasteiger partial charge is 0.119 e. The van der Waals surface area contributed by atoms with E-state index in [0.717, 1.165) is 63.1 Å². The Hall–Kier alpha value is -1.88. The van der Waals surface area contributed by atoms with Crippen molar-refractivity contribution in [1.29, 1.82) is 0 Å². The lowest BCUT2D eigenvalue weighted by Crippen LogP contribution is -2.44. The van der Waals surface area contributed by atoms with E-state index in [9.17, 15) is 5.11 Å². The molecule has 4 heteroatoms. The Morgan fingerprint density at radius 3 is 2.41 bits per heavy atom. The maximum Gasteiger partial charge on any atom is 0.119 e. The van der Waals surface area contributed by atoms with Crippen LogP contribution >= 0.6 is 0 Å². The van der Waals surface area contributed by atoms with E-state index in [-0.39, 0.29) is 12.0 Å². The lowest BCUT2D eigenvalue weighted by atomic mass is 9.72. The summed E-state index contributed by atoms with van der Waals surface area (Å²) in [6.45, 7) is 3.42. The summed E-state index contributed by atoms with van der Waals surface area (Å²) in [4.78, 5) is 2.43. The molecule has 0 bridgehead atoms. The van der Waals surface area contributed by atoms with Crippen LogP contribution in [0.5, 0.6) is 5.75 Å². The summed E-state index contributed by atoms with van der Waals surface area (Å²) in [6, 6.07) is 18.9. The van der Waals surface area contributed by atoms with Gasteiger partial charge >= 0.3 is 0 Å². The lowest BCUT2D eigenvalue weighted by Gasteiger charge is -2.41. The van der Waals surface area contributed by atoms with E-state index in [4.69, 9.17) is 10.5 Å². The Balaban J connectivity index is 1.47.